The Morgan fingerprint density at radius 1 is 0.486 bits per heavy atom. The van der Waals surface area contributed by atoms with E-state index in [0.717, 1.165) is 5.56 Å². The zero-order valence-corrected chi connectivity index (χ0v) is 43.9. The smallest absolute Gasteiger partial charge is 0.326 e. The molecule has 0 radical (unpaired) electrons. The molecule has 74 heavy (non-hydrogen) atoms. The molecule has 0 fully saturated rings. The highest BCUT2D eigenvalue weighted by Gasteiger charge is 2.37. The molecule has 0 aliphatic rings. The summed E-state index contributed by atoms with van der Waals surface area (Å²) < 4.78 is 0. The van der Waals surface area contributed by atoms with Crippen LogP contribution in [-0.4, -0.2) is 135 Å². The normalized spacial score (nSPS) is 15.7. The van der Waals surface area contributed by atoms with Gasteiger partial charge in [-0.1, -0.05) is 129 Å². The van der Waals surface area contributed by atoms with Gasteiger partial charge in [-0.25, -0.2) is 4.79 Å². The molecule has 2 aromatic carbocycles. The van der Waals surface area contributed by atoms with Crippen molar-refractivity contribution in [3.8, 4) is 0 Å². The van der Waals surface area contributed by atoms with Crippen molar-refractivity contribution in [2.24, 2.45) is 29.4 Å². The average Bonchev–Trinajstić information content (AvgIpc) is 3.35. The number of aliphatic hydroxyl groups excluding tert-OH is 1. The molecule has 22 heteroatoms. The molecule has 2 rings (SSSR count). The number of carboxylic acid groups (broad SMARTS) is 2. The summed E-state index contributed by atoms with van der Waals surface area (Å²) in [6, 6.07) is 5.90. The van der Waals surface area contributed by atoms with Gasteiger partial charge in [0.15, 0.2) is 0 Å². The molecule has 0 unspecified atom stereocenters. The fourth-order valence-electron chi connectivity index (χ4n) is 7.61. The van der Waals surface area contributed by atoms with Crippen molar-refractivity contribution in [1.29, 1.82) is 0 Å². The van der Waals surface area contributed by atoms with Crippen LogP contribution in [0.3, 0.4) is 0 Å². The molecule has 2 aromatic rings. The first-order valence-corrected chi connectivity index (χ1v) is 25.1. The molecular weight excluding hydrogens is 959 g/mol. The van der Waals surface area contributed by atoms with Crippen LogP contribution in [0.5, 0.6) is 0 Å². The van der Waals surface area contributed by atoms with Crippen LogP contribution in [0.25, 0.3) is 0 Å². The first-order chi connectivity index (χ1) is 34.8. The maximum absolute atomic E-state index is 14.0. The Labute approximate surface area is 433 Å². The average molecular weight is 1040 g/mol. The summed E-state index contributed by atoms with van der Waals surface area (Å²) in [4.78, 5) is 133. The second-order valence-electron chi connectivity index (χ2n) is 19.5. The highest BCUT2D eigenvalue weighted by molar-refractivity contribution is 5.98. The van der Waals surface area contributed by atoms with E-state index < -0.39 is 151 Å². The monoisotopic (exact) mass is 1040 g/mol. The second-order valence-corrected chi connectivity index (χ2v) is 19.5. The van der Waals surface area contributed by atoms with E-state index in [-0.39, 0.29) is 25.2 Å². The van der Waals surface area contributed by atoms with E-state index in [2.05, 4.69) is 42.5 Å². The number of hydrogen-bond acceptors (Lipinski definition) is 12. The Kier molecular flexibility index (Phi) is 27.0. The van der Waals surface area contributed by atoms with E-state index in [1.54, 1.807) is 71.9 Å². The highest BCUT2D eigenvalue weighted by Crippen LogP contribution is 2.14. The Morgan fingerprint density at radius 3 is 1.42 bits per heavy atom. The maximum atomic E-state index is 14.0. The lowest BCUT2D eigenvalue weighted by atomic mass is 9.95. The van der Waals surface area contributed by atoms with Crippen LogP contribution in [0.4, 0.5) is 0 Å². The number of rotatable bonds is 32. The largest absolute Gasteiger partial charge is 0.481 e. The van der Waals surface area contributed by atoms with Gasteiger partial charge in [-0.05, 0) is 61.0 Å². The summed E-state index contributed by atoms with van der Waals surface area (Å²) in [6.45, 7) is 14.0. The molecule has 0 saturated carbocycles. The number of carboxylic acids is 2. The van der Waals surface area contributed by atoms with E-state index in [9.17, 15) is 63.3 Å². The molecular formula is C52H79N9O13. The summed E-state index contributed by atoms with van der Waals surface area (Å²) in [5.74, 6) is -11.1. The molecule has 0 heterocycles. The van der Waals surface area contributed by atoms with Crippen LogP contribution in [0.1, 0.15) is 106 Å². The summed E-state index contributed by atoms with van der Waals surface area (Å²) in [6.07, 6.45) is 0.0410. The predicted molar refractivity (Wildman–Crippen MR) is 274 cm³/mol. The molecule has 8 amide bonds. The van der Waals surface area contributed by atoms with Gasteiger partial charge >= 0.3 is 11.9 Å². The van der Waals surface area contributed by atoms with Gasteiger partial charge in [0.25, 0.3) is 0 Å². The topological polar surface area (TPSA) is 354 Å². The minimum Gasteiger partial charge on any atom is -0.481 e. The van der Waals surface area contributed by atoms with Gasteiger partial charge in [-0.3, -0.25) is 43.2 Å². The number of carbonyl (C=O) groups excluding carboxylic acids is 8. The van der Waals surface area contributed by atoms with Gasteiger partial charge in [0.2, 0.25) is 47.3 Å². The third-order valence-corrected chi connectivity index (χ3v) is 12.6. The quantitative estimate of drug-likeness (QED) is 0.0473. The van der Waals surface area contributed by atoms with Crippen molar-refractivity contribution >= 4 is 59.2 Å². The van der Waals surface area contributed by atoms with E-state index >= 15 is 0 Å². The lowest BCUT2D eigenvalue weighted by Crippen LogP contribution is -2.62. The standard InChI is InChI=1S/C52H79N9O13/c1-10-30(7)42(51(72)59-41(29(5)6)50(71)58-39(27-62)49(70)61-43(52(73)74)31(8)11-2)60-46(67)36(22-23-40(63)64)55-44(65)32(9)54-47(68)38(26-34-20-16-13-17-21-34)57-48(69)37(24-28(3)4)56-45(66)35(53)25-33-18-14-12-15-19-33/h12-21,28-32,35-39,41-43,62H,10-11,22-27,53H2,1-9H3,(H,54,68)(H,55,65)(H,56,66)(H,57,69)(H,58,71)(H,59,72)(H,60,67)(H,61,70)(H,63,64)(H,73,74)/t30-,31-,32-,35-,36-,37-,38-,39-,41-,42-,43-/m0/s1. The van der Waals surface area contributed by atoms with Crippen LogP contribution >= 0.6 is 0 Å². The number of hydrogen-bond donors (Lipinski definition) is 12. The second kappa shape index (κ2) is 31.6. The van der Waals surface area contributed by atoms with E-state index in [1.165, 1.54) is 6.92 Å². The van der Waals surface area contributed by atoms with Gasteiger partial charge in [0.1, 0.15) is 48.3 Å². The number of nitrogens with two attached hydrogens (primary N) is 1. The first-order valence-electron chi connectivity index (χ1n) is 25.1. The Balaban J connectivity index is 2.31. The predicted octanol–water partition coefficient (Wildman–Crippen LogP) is 0.433. The number of aliphatic hydroxyl groups is 1. The van der Waals surface area contributed by atoms with Crippen LogP contribution in [0, 0.1) is 23.7 Å². The summed E-state index contributed by atoms with van der Waals surface area (Å²) in [7, 11) is 0. The number of nitrogens with one attached hydrogen (secondary N) is 8. The molecule has 0 aromatic heterocycles. The van der Waals surface area contributed by atoms with Gasteiger partial charge in [0, 0.05) is 12.8 Å². The van der Waals surface area contributed by atoms with Gasteiger partial charge in [-0.2, -0.15) is 0 Å². The molecule has 0 aliphatic carbocycles. The Morgan fingerprint density at radius 2 is 0.919 bits per heavy atom. The number of aliphatic carboxylic acids is 2. The summed E-state index contributed by atoms with van der Waals surface area (Å²) >= 11 is 0. The molecule has 11 atom stereocenters. The van der Waals surface area contributed by atoms with Gasteiger partial charge < -0.3 is 63.6 Å². The van der Waals surface area contributed by atoms with Crippen LogP contribution in [0.15, 0.2) is 60.7 Å². The van der Waals surface area contributed by atoms with Gasteiger partial charge in [-0.15, -0.1) is 0 Å². The van der Waals surface area contributed by atoms with Crippen molar-refractivity contribution in [2.75, 3.05) is 6.61 Å². The molecule has 22 nitrogen and oxygen atoms in total. The van der Waals surface area contributed by atoms with Crippen LogP contribution in [0.2, 0.25) is 0 Å². The van der Waals surface area contributed by atoms with E-state index in [4.69, 9.17) is 5.73 Å². The fraction of sp³-hybridized carbons (Fsp3) is 0.577. The van der Waals surface area contributed by atoms with E-state index in [0.29, 0.717) is 18.4 Å². The zero-order chi connectivity index (χ0) is 55.8. The van der Waals surface area contributed by atoms with Crippen molar-refractivity contribution in [1.82, 2.24) is 42.5 Å². The van der Waals surface area contributed by atoms with Crippen LogP contribution < -0.4 is 48.3 Å². The van der Waals surface area contributed by atoms with Gasteiger partial charge in [0.05, 0.1) is 12.6 Å². The molecule has 0 bridgehead atoms. The van der Waals surface area contributed by atoms with Crippen LogP contribution in [-0.2, 0) is 60.8 Å². The third kappa shape index (κ3) is 21.3. The third-order valence-electron chi connectivity index (χ3n) is 12.6. The van der Waals surface area contributed by atoms with E-state index in [1.807, 2.05) is 44.2 Å². The molecule has 13 N–H and O–H groups in total. The SMILES string of the molecule is CC[C@H](C)[C@H](NC(=O)[C@H](CO)NC(=O)[C@@H](NC(=O)[C@@H](NC(=O)[C@H](CCC(=O)O)NC(=O)[C@H](C)NC(=O)[C@H](Cc1ccccc1)NC(=O)[C@H](CC(C)C)NC(=O)[C@@H](N)Cc1ccccc1)[C@@H](C)CC)C(C)C)C(=O)O. The Hall–Kier alpha value is -6.94. The maximum Gasteiger partial charge on any atom is 0.326 e. The van der Waals surface area contributed by atoms with Crippen molar-refractivity contribution in [3.05, 3.63) is 71.8 Å². The van der Waals surface area contributed by atoms with Crippen molar-refractivity contribution in [3.63, 3.8) is 0 Å². The lowest BCUT2D eigenvalue weighted by molar-refractivity contribution is -0.144. The molecule has 0 saturated heterocycles. The lowest BCUT2D eigenvalue weighted by Gasteiger charge is -2.30. The molecule has 410 valence electrons. The number of benzene rings is 2. The highest BCUT2D eigenvalue weighted by atomic mass is 16.4. The van der Waals surface area contributed by atoms with Crippen molar-refractivity contribution < 1.29 is 63.3 Å². The zero-order valence-electron chi connectivity index (χ0n) is 43.9. The van der Waals surface area contributed by atoms with Crippen molar-refractivity contribution in [2.45, 2.75) is 162 Å². The molecule has 0 aliphatic heterocycles. The first kappa shape index (κ1) is 63.2. The number of carbonyl (C=O) groups is 10. The number of amides is 8. The fourth-order valence-corrected chi connectivity index (χ4v) is 7.61. The summed E-state index contributed by atoms with van der Waals surface area (Å²) in [5.41, 5.74) is 7.70. The molecule has 0 spiro atoms. The minimum atomic E-state index is -1.59. The minimum absolute atomic E-state index is 0.0341. The summed E-state index contributed by atoms with van der Waals surface area (Å²) in [5, 5.41) is 49.6. The Bertz CT molecular complexity index is 2200.